The molecule has 1 aromatic heterocycles. The van der Waals surface area contributed by atoms with Crippen LogP contribution >= 0.6 is 11.6 Å². The first-order chi connectivity index (χ1) is 8.63. The molecule has 2 aromatic rings. The van der Waals surface area contributed by atoms with Gasteiger partial charge in [-0.1, -0.05) is 11.6 Å². The van der Waals surface area contributed by atoms with Gasteiger partial charge in [0.1, 0.15) is 11.4 Å². The number of hydrogen-bond donors (Lipinski definition) is 2. The molecule has 2 rings (SSSR count). The lowest BCUT2D eigenvalue weighted by molar-refractivity contribution is 0.0520. The van der Waals surface area contributed by atoms with Crippen molar-refractivity contribution in [3.63, 3.8) is 0 Å². The van der Waals surface area contributed by atoms with Crippen molar-refractivity contribution >= 4 is 17.6 Å². The topological polar surface area (TPSA) is 88.1 Å². The molecule has 6 nitrogen and oxygen atoms in total. The van der Waals surface area contributed by atoms with Crippen molar-refractivity contribution < 1.29 is 14.6 Å². The number of nitrogens with zero attached hydrogens (tertiary/aromatic N) is 2. The van der Waals surface area contributed by atoms with Gasteiger partial charge in [0, 0.05) is 5.56 Å². The van der Waals surface area contributed by atoms with Gasteiger partial charge in [-0.05, 0) is 25.1 Å². The largest absolute Gasteiger partial charge is 0.506 e. The Labute approximate surface area is 108 Å². The molecule has 18 heavy (non-hydrogen) atoms. The van der Waals surface area contributed by atoms with Crippen molar-refractivity contribution in [1.82, 2.24) is 15.4 Å². The third kappa shape index (κ3) is 2.28. The highest BCUT2D eigenvalue weighted by atomic mass is 35.5. The molecule has 0 bridgehead atoms. The van der Waals surface area contributed by atoms with E-state index in [0.29, 0.717) is 11.3 Å². The number of aromatic nitrogens is 3. The minimum absolute atomic E-state index is 0.0402. The first kappa shape index (κ1) is 12.4. The SMILES string of the molecule is CCOC(=O)c1n[nH]nc1-c1ccc(O)c(Cl)c1. The van der Waals surface area contributed by atoms with Crippen molar-refractivity contribution in [2.45, 2.75) is 6.92 Å². The van der Waals surface area contributed by atoms with Gasteiger partial charge in [0.05, 0.1) is 11.6 Å². The van der Waals surface area contributed by atoms with Crippen molar-refractivity contribution in [2.24, 2.45) is 0 Å². The number of hydrogen-bond acceptors (Lipinski definition) is 5. The number of aromatic hydroxyl groups is 1. The van der Waals surface area contributed by atoms with E-state index in [2.05, 4.69) is 15.4 Å². The molecule has 7 heteroatoms. The van der Waals surface area contributed by atoms with Crippen LogP contribution in [0.4, 0.5) is 0 Å². The number of carbonyl (C=O) groups excluding carboxylic acids is 1. The number of H-pyrrole nitrogens is 1. The second-order valence-corrected chi connectivity index (χ2v) is 3.81. The second-order valence-electron chi connectivity index (χ2n) is 3.41. The molecule has 94 valence electrons. The number of esters is 1. The summed E-state index contributed by atoms with van der Waals surface area (Å²) in [4.78, 5) is 11.6. The number of carbonyl (C=O) groups is 1. The van der Waals surface area contributed by atoms with Crippen LogP contribution in [0, 0.1) is 0 Å². The van der Waals surface area contributed by atoms with Crippen LogP contribution < -0.4 is 0 Å². The van der Waals surface area contributed by atoms with Crippen LogP contribution in [0.15, 0.2) is 18.2 Å². The van der Waals surface area contributed by atoms with Gasteiger partial charge in [0.15, 0.2) is 5.69 Å². The molecule has 0 radical (unpaired) electrons. The lowest BCUT2D eigenvalue weighted by atomic mass is 10.1. The maximum Gasteiger partial charge on any atom is 0.361 e. The molecule has 0 saturated heterocycles. The highest BCUT2D eigenvalue weighted by Gasteiger charge is 2.19. The predicted molar refractivity (Wildman–Crippen MR) is 64.5 cm³/mol. The van der Waals surface area contributed by atoms with E-state index in [1.807, 2.05) is 0 Å². The molecule has 0 aliphatic carbocycles. The Kier molecular flexibility index (Phi) is 3.47. The molecule has 0 aliphatic heterocycles. The number of benzene rings is 1. The average Bonchev–Trinajstić information content (AvgIpc) is 2.82. The van der Waals surface area contributed by atoms with Gasteiger partial charge in [0.2, 0.25) is 0 Å². The van der Waals surface area contributed by atoms with Gasteiger partial charge < -0.3 is 9.84 Å². The van der Waals surface area contributed by atoms with Crippen LogP contribution in [0.3, 0.4) is 0 Å². The van der Waals surface area contributed by atoms with Gasteiger partial charge in [-0.25, -0.2) is 4.79 Å². The number of halogens is 1. The van der Waals surface area contributed by atoms with Gasteiger partial charge in [0.25, 0.3) is 0 Å². The van der Waals surface area contributed by atoms with Gasteiger partial charge in [-0.2, -0.15) is 10.3 Å². The monoisotopic (exact) mass is 267 g/mol. The van der Waals surface area contributed by atoms with Crippen LogP contribution in [0.5, 0.6) is 5.75 Å². The minimum Gasteiger partial charge on any atom is -0.506 e. The third-order valence-electron chi connectivity index (χ3n) is 2.24. The Morgan fingerprint density at radius 2 is 2.28 bits per heavy atom. The van der Waals surface area contributed by atoms with Crippen LogP contribution in [0.2, 0.25) is 5.02 Å². The zero-order valence-electron chi connectivity index (χ0n) is 9.48. The first-order valence-corrected chi connectivity index (χ1v) is 5.58. The summed E-state index contributed by atoms with van der Waals surface area (Å²) in [6.07, 6.45) is 0. The molecular weight excluding hydrogens is 258 g/mol. The molecule has 0 fully saturated rings. The Bertz CT molecular complexity index is 583. The Morgan fingerprint density at radius 1 is 1.50 bits per heavy atom. The fourth-order valence-electron chi connectivity index (χ4n) is 1.43. The normalized spacial score (nSPS) is 10.3. The van der Waals surface area contributed by atoms with E-state index in [-0.39, 0.29) is 23.1 Å². The number of phenols is 1. The van der Waals surface area contributed by atoms with E-state index < -0.39 is 5.97 Å². The molecule has 0 atom stereocenters. The average molecular weight is 268 g/mol. The molecule has 1 heterocycles. The van der Waals surface area contributed by atoms with E-state index in [9.17, 15) is 9.90 Å². The lowest BCUT2D eigenvalue weighted by Crippen LogP contribution is -2.06. The highest BCUT2D eigenvalue weighted by Crippen LogP contribution is 2.29. The van der Waals surface area contributed by atoms with E-state index >= 15 is 0 Å². The summed E-state index contributed by atoms with van der Waals surface area (Å²) in [7, 11) is 0. The van der Waals surface area contributed by atoms with Crippen LogP contribution in [0.25, 0.3) is 11.3 Å². The summed E-state index contributed by atoms with van der Waals surface area (Å²) < 4.78 is 4.86. The lowest BCUT2D eigenvalue weighted by Gasteiger charge is -2.02. The number of ether oxygens (including phenoxy) is 1. The van der Waals surface area contributed by atoms with Crippen molar-refractivity contribution in [1.29, 1.82) is 0 Å². The maximum absolute atomic E-state index is 11.6. The van der Waals surface area contributed by atoms with E-state index in [0.717, 1.165) is 0 Å². The van der Waals surface area contributed by atoms with E-state index in [1.165, 1.54) is 12.1 Å². The first-order valence-electron chi connectivity index (χ1n) is 5.20. The summed E-state index contributed by atoms with van der Waals surface area (Å²) in [5, 5.41) is 19.5. The molecule has 0 spiro atoms. The Morgan fingerprint density at radius 3 is 2.94 bits per heavy atom. The Hall–Kier alpha value is -2.08. The van der Waals surface area contributed by atoms with Crippen LogP contribution in [-0.2, 0) is 4.74 Å². The fraction of sp³-hybridized carbons (Fsp3) is 0.182. The molecule has 0 aliphatic rings. The summed E-state index contributed by atoms with van der Waals surface area (Å²) in [6, 6.07) is 4.50. The number of nitrogens with one attached hydrogen (secondary N) is 1. The zero-order valence-corrected chi connectivity index (χ0v) is 10.2. The zero-order chi connectivity index (χ0) is 13.1. The molecule has 0 amide bonds. The molecular formula is C11H10ClN3O3. The Balaban J connectivity index is 2.42. The summed E-state index contributed by atoms with van der Waals surface area (Å²) in [5.74, 6) is -0.605. The van der Waals surface area contributed by atoms with Gasteiger partial charge >= 0.3 is 5.97 Å². The summed E-state index contributed by atoms with van der Waals surface area (Å²) in [5.41, 5.74) is 0.976. The molecule has 0 unspecified atom stereocenters. The summed E-state index contributed by atoms with van der Waals surface area (Å²) in [6.45, 7) is 1.95. The summed E-state index contributed by atoms with van der Waals surface area (Å²) >= 11 is 5.80. The predicted octanol–water partition coefficient (Wildman–Crippen LogP) is 2.01. The number of rotatable bonds is 3. The van der Waals surface area contributed by atoms with Gasteiger partial charge in [-0.3, -0.25) is 0 Å². The van der Waals surface area contributed by atoms with Crippen molar-refractivity contribution in [2.75, 3.05) is 6.61 Å². The van der Waals surface area contributed by atoms with Crippen molar-refractivity contribution in [3.05, 3.63) is 28.9 Å². The molecule has 2 N–H and O–H groups in total. The third-order valence-corrected chi connectivity index (χ3v) is 2.54. The quantitative estimate of drug-likeness (QED) is 0.831. The van der Waals surface area contributed by atoms with E-state index in [1.54, 1.807) is 13.0 Å². The standard InChI is InChI=1S/C11H10ClN3O3/c1-2-18-11(17)10-9(13-15-14-10)6-3-4-8(16)7(12)5-6/h3-5,16H,2H2,1H3,(H,13,14,15). The molecule has 1 aromatic carbocycles. The smallest absolute Gasteiger partial charge is 0.361 e. The minimum atomic E-state index is -0.564. The maximum atomic E-state index is 11.6. The number of aromatic amines is 1. The second kappa shape index (κ2) is 5.05. The van der Waals surface area contributed by atoms with Crippen LogP contribution in [-0.4, -0.2) is 33.1 Å². The van der Waals surface area contributed by atoms with Gasteiger partial charge in [-0.15, -0.1) is 5.10 Å². The van der Waals surface area contributed by atoms with Crippen molar-refractivity contribution in [3.8, 4) is 17.0 Å². The highest BCUT2D eigenvalue weighted by molar-refractivity contribution is 6.32. The van der Waals surface area contributed by atoms with Crippen LogP contribution in [0.1, 0.15) is 17.4 Å². The van der Waals surface area contributed by atoms with E-state index in [4.69, 9.17) is 16.3 Å². The molecule has 0 saturated carbocycles. The number of phenolic OH excluding ortho intramolecular Hbond substituents is 1. The fourth-order valence-corrected chi connectivity index (χ4v) is 1.61.